The molecule has 0 bridgehead atoms. The van der Waals surface area contributed by atoms with Gasteiger partial charge in [-0.2, -0.15) is 0 Å². The van der Waals surface area contributed by atoms with E-state index in [1.54, 1.807) is 20.8 Å². The summed E-state index contributed by atoms with van der Waals surface area (Å²) in [5, 5.41) is 15.8. The lowest BCUT2D eigenvalue weighted by molar-refractivity contribution is -0.141. The number of carbonyl (C=O) groups excluding carboxylic acids is 3. The second-order valence-electron chi connectivity index (χ2n) is 11.7. The van der Waals surface area contributed by atoms with Gasteiger partial charge in [0.25, 0.3) is 5.91 Å². The van der Waals surface area contributed by atoms with Crippen LogP contribution in [0.2, 0.25) is 0 Å². The molecule has 0 aromatic heterocycles. The summed E-state index contributed by atoms with van der Waals surface area (Å²) >= 11 is 0. The van der Waals surface area contributed by atoms with Gasteiger partial charge in [0.05, 0.1) is 6.61 Å². The Bertz CT molecular complexity index is 1140. The molecule has 0 heterocycles. The standard InChI is InChI=1S/C33H49N3O5/c1-8-9-10-11-12-15-21-36(31(39)27(22-37)35-32(40)41-33(5,6)7)29(28-24(3)18-16-19-25(28)4)30(38)34-26-20-14-13-17-23(26)2/h13-14,16-20,27,29,37H,8-12,15,21-22H2,1-7H3,(H,34,38)(H,35,40). The van der Waals surface area contributed by atoms with Gasteiger partial charge in [-0.1, -0.05) is 75.4 Å². The number of aliphatic hydroxyl groups excluding tert-OH is 1. The Morgan fingerprint density at radius 1 is 0.878 bits per heavy atom. The van der Waals surface area contributed by atoms with Crippen LogP contribution in [0.3, 0.4) is 0 Å². The number of hydrogen-bond donors (Lipinski definition) is 3. The van der Waals surface area contributed by atoms with Gasteiger partial charge in [0, 0.05) is 12.2 Å². The molecule has 8 heteroatoms. The maximum atomic E-state index is 14.1. The highest BCUT2D eigenvalue weighted by molar-refractivity contribution is 5.99. The van der Waals surface area contributed by atoms with Crippen LogP contribution in [-0.4, -0.2) is 52.7 Å². The molecule has 0 saturated heterocycles. The summed E-state index contributed by atoms with van der Waals surface area (Å²) in [4.78, 5) is 42.3. The lowest BCUT2D eigenvalue weighted by atomic mass is 9.93. The number of aliphatic hydroxyl groups is 1. The molecule has 0 aliphatic heterocycles. The van der Waals surface area contributed by atoms with E-state index < -0.39 is 36.3 Å². The average Bonchev–Trinajstić information content (AvgIpc) is 2.89. The molecule has 3 N–H and O–H groups in total. The van der Waals surface area contributed by atoms with Crippen LogP contribution in [-0.2, 0) is 14.3 Å². The molecule has 2 aromatic carbocycles. The Kier molecular flexibility index (Phi) is 13.3. The molecule has 0 aliphatic rings. The summed E-state index contributed by atoms with van der Waals surface area (Å²) in [6, 6.07) is 11.0. The topological polar surface area (TPSA) is 108 Å². The van der Waals surface area contributed by atoms with Crippen molar-refractivity contribution in [3.63, 3.8) is 0 Å². The van der Waals surface area contributed by atoms with Crippen LogP contribution in [0, 0.1) is 20.8 Å². The molecule has 0 fully saturated rings. The molecule has 0 spiro atoms. The maximum Gasteiger partial charge on any atom is 0.408 e. The number of benzene rings is 2. The molecule has 41 heavy (non-hydrogen) atoms. The number of alkyl carbamates (subject to hydrolysis) is 1. The number of para-hydroxylation sites is 1. The normalized spacial score (nSPS) is 12.8. The second-order valence-corrected chi connectivity index (χ2v) is 11.7. The van der Waals surface area contributed by atoms with Gasteiger partial charge < -0.3 is 25.4 Å². The zero-order chi connectivity index (χ0) is 30.6. The van der Waals surface area contributed by atoms with Gasteiger partial charge in [-0.25, -0.2) is 4.79 Å². The first-order chi connectivity index (χ1) is 19.4. The highest BCUT2D eigenvalue weighted by Gasteiger charge is 2.37. The van der Waals surface area contributed by atoms with E-state index in [0.29, 0.717) is 12.1 Å². The largest absolute Gasteiger partial charge is 0.444 e. The van der Waals surface area contributed by atoms with Crippen molar-refractivity contribution in [1.29, 1.82) is 0 Å². The molecular weight excluding hydrogens is 518 g/mol. The Hall–Kier alpha value is -3.39. The van der Waals surface area contributed by atoms with Crippen LogP contribution in [0.5, 0.6) is 0 Å². The minimum atomic E-state index is -1.27. The highest BCUT2D eigenvalue weighted by atomic mass is 16.6. The van der Waals surface area contributed by atoms with Crippen molar-refractivity contribution in [2.45, 2.75) is 105 Å². The first kappa shape index (κ1) is 33.8. The zero-order valence-corrected chi connectivity index (χ0v) is 25.9. The third kappa shape index (κ3) is 10.5. The molecule has 0 aliphatic carbocycles. The van der Waals surface area contributed by atoms with Crippen LogP contribution in [0.1, 0.15) is 94.5 Å². The highest BCUT2D eigenvalue weighted by Crippen LogP contribution is 2.30. The van der Waals surface area contributed by atoms with Crippen LogP contribution >= 0.6 is 0 Å². The van der Waals surface area contributed by atoms with Crippen LogP contribution < -0.4 is 10.6 Å². The first-order valence-corrected chi connectivity index (χ1v) is 14.7. The molecule has 2 aromatic rings. The van der Waals surface area contributed by atoms with Gasteiger partial charge in [-0.05, 0) is 76.3 Å². The number of nitrogens with one attached hydrogen (secondary N) is 2. The van der Waals surface area contributed by atoms with E-state index in [0.717, 1.165) is 54.4 Å². The number of nitrogens with zero attached hydrogens (tertiary/aromatic N) is 1. The predicted octanol–water partition coefficient (Wildman–Crippen LogP) is 6.37. The van der Waals surface area contributed by atoms with Crippen molar-refractivity contribution >= 4 is 23.6 Å². The van der Waals surface area contributed by atoms with E-state index in [1.165, 1.54) is 4.90 Å². The number of amides is 3. The van der Waals surface area contributed by atoms with E-state index in [-0.39, 0.29) is 12.5 Å². The molecule has 3 amide bonds. The molecule has 2 unspecified atom stereocenters. The summed E-state index contributed by atoms with van der Waals surface area (Å²) in [7, 11) is 0. The third-order valence-corrected chi connectivity index (χ3v) is 6.99. The van der Waals surface area contributed by atoms with Gasteiger partial charge in [0.1, 0.15) is 17.7 Å². The van der Waals surface area contributed by atoms with E-state index >= 15 is 0 Å². The maximum absolute atomic E-state index is 14.1. The minimum absolute atomic E-state index is 0.289. The van der Waals surface area contributed by atoms with Gasteiger partial charge in [0.2, 0.25) is 5.91 Å². The summed E-state index contributed by atoms with van der Waals surface area (Å²) in [5.41, 5.74) is 3.25. The zero-order valence-electron chi connectivity index (χ0n) is 25.9. The summed E-state index contributed by atoms with van der Waals surface area (Å²) in [5.74, 6) is -0.899. The summed E-state index contributed by atoms with van der Waals surface area (Å²) < 4.78 is 5.35. The monoisotopic (exact) mass is 567 g/mol. The fourth-order valence-corrected chi connectivity index (χ4v) is 4.87. The molecule has 2 atom stereocenters. The van der Waals surface area contributed by atoms with Crippen molar-refractivity contribution in [2.75, 3.05) is 18.5 Å². The van der Waals surface area contributed by atoms with Crippen molar-refractivity contribution in [1.82, 2.24) is 10.2 Å². The Labute approximate surface area is 245 Å². The number of ether oxygens (including phenoxy) is 1. The van der Waals surface area contributed by atoms with E-state index in [4.69, 9.17) is 4.74 Å². The second kappa shape index (κ2) is 16.2. The number of rotatable bonds is 14. The Morgan fingerprint density at radius 3 is 2.05 bits per heavy atom. The van der Waals surface area contributed by atoms with Crippen molar-refractivity contribution in [3.05, 3.63) is 64.7 Å². The van der Waals surface area contributed by atoms with Crippen LogP contribution in [0.25, 0.3) is 0 Å². The molecule has 226 valence electrons. The number of anilines is 1. The SMILES string of the molecule is CCCCCCCCN(C(=O)C(CO)NC(=O)OC(C)(C)C)C(C(=O)Nc1ccccc1C)c1c(C)cccc1C. The first-order valence-electron chi connectivity index (χ1n) is 14.7. The number of unbranched alkanes of at least 4 members (excludes halogenated alkanes) is 5. The third-order valence-electron chi connectivity index (χ3n) is 6.99. The van der Waals surface area contributed by atoms with Gasteiger partial charge in [-0.15, -0.1) is 0 Å². The quantitative estimate of drug-likeness (QED) is 0.230. The number of aryl methyl sites for hydroxylation is 3. The summed E-state index contributed by atoms with van der Waals surface area (Å²) in [6.07, 6.45) is 5.19. The Morgan fingerprint density at radius 2 is 1.46 bits per heavy atom. The fourth-order valence-electron chi connectivity index (χ4n) is 4.87. The fraction of sp³-hybridized carbons (Fsp3) is 0.545. The van der Waals surface area contributed by atoms with E-state index in [9.17, 15) is 19.5 Å². The Balaban J connectivity index is 2.52. The molecule has 2 rings (SSSR count). The van der Waals surface area contributed by atoms with Crippen LogP contribution in [0.15, 0.2) is 42.5 Å². The van der Waals surface area contributed by atoms with Gasteiger partial charge >= 0.3 is 6.09 Å². The molecule has 0 radical (unpaired) electrons. The predicted molar refractivity (Wildman–Crippen MR) is 164 cm³/mol. The van der Waals surface area contributed by atoms with Gasteiger partial charge in [-0.3, -0.25) is 9.59 Å². The minimum Gasteiger partial charge on any atom is -0.444 e. The molecule has 8 nitrogen and oxygen atoms in total. The number of carbonyl (C=O) groups is 3. The van der Waals surface area contributed by atoms with Crippen LogP contribution in [0.4, 0.5) is 10.5 Å². The van der Waals surface area contributed by atoms with Crippen molar-refractivity contribution in [3.8, 4) is 0 Å². The van der Waals surface area contributed by atoms with E-state index in [2.05, 4.69) is 17.6 Å². The van der Waals surface area contributed by atoms with Crippen molar-refractivity contribution < 1.29 is 24.2 Å². The van der Waals surface area contributed by atoms with Gasteiger partial charge in [0.15, 0.2) is 0 Å². The number of hydrogen-bond acceptors (Lipinski definition) is 5. The smallest absolute Gasteiger partial charge is 0.408 e. The lowest BCUT2D eigenvalue weighted by Crippen LogP contribution is -2.54. The van der Waals surface area contributed by atoms with Crippen molar-refractivity contribution in [2.24, 2.45) is 0 Å². The molecule has 0 saturated carbocycles. The average molecular weight is 568 g/mol. The summed E-state index contributed by atoms with van der Waals surface area (Å²) in [6.45, 7) is 12.7. The van der Waals surface area contributed by atoms with E-state index in [1.807, 2.05) is 63.2 Å². The lowest BCUT2D eigenvalue weighted by Gasteiger charge is -2.35. The molecular formula is C33H49N3O5.